The lowest BCUT2D eigenvalue weighted by molar-refractivity contribution is -0.173. The molecule has 0 heterocycles. The predicted molar refractivity (Wildman–Crippen MR) is 160 cm³/mol. The fourth-order valence-electron chi connectivity index (χ4n) is 7.59. The van der Waals surface area contributed by atoms with Gasteiger partial charge in [0.2, 0.25) is 0 Å². The molecule has 3 aliphatic rings. The summed E-state index contributed by atoms with van der Waals surface area (Å²) in [5.41, 5.74) is 0.822. The van der Waals surface area contributed by atoms with Crippen molar-refractivity contribution in [2.24, 2.45) is 16.7 Å². The molecule has 0 unspecified atom stereocenters. The van der Waals surface area contributed by atoms with Crippen molar-refractivity contribution in [3.8, 4) is 0 Å². The minimum absolute atomic E-state index is 0.0135. The normalized spacial score (nSPS) is 22.3. The van der Waals surface area contributed by atoms with E-state index >= 15 is 0 Å². The van der Waals surface area contributed by atoms with Gasteiger partial charge in [-0.2, -0.15) is 0 Å². The third kappa shape index (κ3) is 5.03. The van der Waals surface area contributed by atoms with Gasteiger partial charge < -0.3 is 18.9 Å². The van der Waals surface area contributed by atoms with E-state index in [9.17, 15) is 19.2 Å². The lowest BCUT2D eigenvalue weighted by Crippen LogP contribution is -2.50. The minimum Gasteiger partial charge on any atom is -0.465 e. The van der Waals surface area contributed by atoms with Crippen molar-refractivity contribution in [1.29, 1.82) is 0 Å². The molecule has 0 saturated heterocycles. The summed E-state index contributed by atoms with van der Waals surface area (Å²) in [5.74, 6) is -2.41. The Morgan fingerprint density at radius 3 is 1.45 bits per heavy atom. The Morgan fingerprint density at radius 2 is 1.05 bits per heavy atom. The van der Waals surface area contributed by atoms with Crippen LogP contribution in [0.5, 0.6) is 0 Å². The van der Waals surface area contributed by atoms with Crippen molar-refractivity contribution >= 4 is 37.1 Å². The van der Waals surface area contributed by atoms with Crippen LogP contribution in [0.2, 0.25) is 18.6 Å². The molecule has 0 aromatic heterocycles. The Bertz CT molecular complexity index is 1270. The highest BCUT2D eigenvalue weighted by Crippen LogP contribution is 2.63. The first kappa shape index (κ1) is 31.7. The molecule has 8 nitrogen and oxygen atoms in total. The fraction of sp³-hybridized carbons (Fsp3) is 0.576. The first-order chi connectivity index (χ1) is 19.9. The van der Waals surface area contributed by atoms with Gasteiger partial charge in [-0.3, -0.25) is 19.2 Å². The molecule has 0 fully saturated rings. The first-order valence-electron chi connectivity index (χ1n) is 15.1. The molecule has 0 spiro atoms. The molecule has 0 amide bonds. The van der Waals surface area contributed by atoms with Crippen LogP contribution < -0.4 is 5.19 Å². The van der Waals surface area contributed by atoms with E-state index in [0.717, 1.165) is 22.3 Å². The summed E-state index contributed by atoms with van der Waals surface area (Å²) in [6.45, 7) is 14.2. The fourth-order valence-corrected chi connectivity index (χ4v) is 11.6. The molecule has 228 valence electrons. The average molecular weight is 597 g/mol. The summed E-state index contributed by atoms with van der Waals surface area (Å²) in [4.78, 5) is 54.3. The van der Waals surface area contributed by atoms with Gasteiger partial charge in [0.15, 0.2) is 10.8 Å². The molecular formula is C33H44O8Si. The maximum atomic E-state index is 13.6. The van der Waals surface area contributed by atoms with E-state index in [4.69, 9.17) is 18.9 Å². The van der Waals surface area contributed by atoms with Crippen molar-refractivity contribution in [3.63, 3.8) is 0 Å². The monoisotopic (exact) mass is 596 g/mol. The van der Waals surface area contributed by atoms with Crippen LogP contribution in [0.4, 0.5) is 0 Å². The summed E-state index contributed by atoms with van der Waals surface area (Å²) >= 11 is 0. The van der Waals surface area contributed by atoms with Crippen LogP contribution in [0.25, 0.3) is 0 Å². The van der Waals surface area contributed by atoms with E-state index in [-0.39, 0.29) is 63.6 Å². The average Bonchev–Trinajstić information content (AvgIpc) is 3.56. The second-order valence-corrected chi connectivity index (χ2v) is 16.8. The van der Waals surface area contributed by atoms with Gasteiger partial charge in [-0.05, 0) is 76.0 Å². The molecule has 1 aromatic rings. The van der Waals surface area contributed by atoms with Gasteiger partial charge in [0.05, 0.1) is 34.5 Å². The quantitative estimate of drug-likeness (QED) is 0.160. The number of hydrogen-bond donors (Lipinski definition) is 0. The molecule has 0 radical (unpaired) electrons. The Labute approximate surface area is 249 Å². The molecule has 9 heteroatoms. The van der Waals surface area contributed by atoms with Gasteiger partial charge in [-0.1, -0.05) is 66.7 Å². The van der Waals surface area contributed by atoms with Crippen LogP contribution in [-0.2, 0) is 38.1 Å². The maximum absolute atomic E-state index is 13.6. The Morgan fingerprint density at radius 1 is 0.667 bits per heavy atom. The second-order valence-electron chi connectivity index (χ2n) is 12.1. The number of rotatable bonds is 10. The van der Waals surface area contributed by atoms with E-state index in [1.54, 1.807) is 27.7 Å². The molecule has 1 aromatic carbocycles. The van der Waals surface area contributed by atoms with Crippen molar-refractivity contribution in [3.05, 3.63) is 52.6 Å². The highest BCUT2D eigenvalue weighted by molar-refractivity contribution is 6.91. The molecule has 0 bridgehead atoms. The summed E-state index contributed by atoms with van der Waals surface area (Å²) in [6, 6.07) is 10.4. The number of hydrogen-bond acceptors (Lipinski definition) is 8. The number of carbonyl (C=O) groups excluding carboxylic acids is 4. The van der Waals surface area contributed by atoms with Gasteiger partial charge in [-0.25, -0.2) is 0 Å². The van der Waals surface area contributed by atoms with Crippen molar-refractivity contribution in [2.75, 3.05) is 26.4 Å². The van der Waals surface area contributed by atoms with Crippen molar-refractivity contribution in [2.45, 2.75) is 78.9 Å². The molecule has 2 atom stereocenters. The largest absolute Gasteiger partial charge is 0.465 e. The smallest absolute Gasteiger partial charge is 0.324 e. The lowest BCUT2D eigenvalue weighted by atomic mass is 9.80. The number of allylic oxidation sites excluding steroid dienone is 4. The van der Waals surface area contributed by atoms with E-state index in [1.807, 2.05) is 18.2 Å². The number of carbonyl (C=O) groups is 4. The van der Waals surface area contributed by atoms with Gasteiger partial charge >= 0.3 is 23.9 Å². The first-order valence-corrected chi connectivity index (χ1v) is 18.2. The summed E-state index contributed by atoms with van der Waals surface area (Å²) in [5, 5.41) is 1.25. The summed E-state index contributed by atoms with van der Waals surface area (Å²) in [7, 11) is -2.32. The maximum Gasteiger partial charge on any atom is 0.324 e. The predicted octanol–water partition coefficient (Wildman–Crippen LogP) is 5.03. The van der Waals surface area contributed by atoms with Gasteiger partial charge in [-0.15, -0.1) is 0 Å². The lowest BCUT2D eigenvalue weighted by Gasteiger charge is -2.43. The zero-order valence-corrected chi connectivity index (χ0v) is 27.0. The van der Waals surface area contributed by atoms with Crippen LogP contribution in [0.1, 0.15) is 60.3 Å². The summed E-state index contributed by atoms with van der Waals surface area (Å²) in [6.07, 6.45) is 0.619. The zero-order chi connectivity index (χ0) is 30.9. The topological polar surface area (TPSA) is 105 Å². The van der Waals surface area contributed by atoms with Crippen molar-refractivity contribution in [1.82, 2.24) is 0 Å². The van der Waals surface area contributed by atoms with E-state index in [0.29, 0.717) is 0 Å². The highest BCUT2D eigenvalue weighted by Gasteiger charge is 2.63. The SMILES string of the molecule is CCOC(=O)C1(C(=O)OCC)CC2=C(C1)[C@@H](C)[C@H]([Si](C)(C)c1ccccc1)C1=C2CC(C(=O)OCC)(C(=O)OCC)C1. The van der Waals surface area contributed by atoms with Gasteiger partial charge in [0.25, 0.3) is 0 Å². The van der Waals surface area contributed by atoms with Crippen LogP contribution >= 0.6 is 0 Å². The van der Waals surface area contributed by atoms with Gasteiger partial charge in [0, 0.05) is 0 Å². The molecule has 0 aliphatic heterocycles. The third-order valence-electron chi connectivity index (χ3n) is 9.47. The van der Waals surface area contributed by atoms with Crippen LogP contribution in [-0.4, -0.2) is 58.4 Å². The standard InChI is InChI=1S/C33H44O8Si/c1-8-38-28(34)32(29(35)39-9-2)17-23-21(5)27(42(6,7)22-15-13-12-14-16-22)26-20-33(30(36)40-10-3,31(37)41-11-4)19-25(26)24(23)18-32/h12-16,21,27H,8-11,17-20H2,1-7H3/t21-,27+/m1/s1. The Kier molecular flexibility index (Phi) is 9.21. The van der Waals surface area contributed by atoms with E-state index < -0.39 is 42.8 Å². The third-order valence-corrected chi connectivity index (χ3v) is 13.7. The second kappa shape index (κ2) is 12.2. The Hall–Kier alpha value is -3.20. The van der Waals surface area contributed by atoms with Crippen LogP contribution in [0.3, 0.4) is 0 Å². The molecule has 0 N–H and O–H groups in total. The summed E-state index contributed by atoms with van der Waals surface area (Å²) < 4.78 is 22.0. The van der Waals surface area contributed by atoms with Gasteiger partial charge in [0.1, 0.15) is 0 Å². The van der Waals surface area contributed by atoms with E-state index in [2.05, 4.69) is 32.2 Å². The molecule has 42 heavy (non-hydrogen) atoms. The zero-order valence-electron chi connectivity index (χ0n) is 26.0. The molecule has 3 aliphatic carbocycles. The number of esters is 4. The minimum atomic E-state index is -2.32. The van der Waals surface area contributed by atoms with Crippen molar-refractivity contribution < 1.29 is 38.1 Å². The van der Waals surface area contributed by atoms with Crippen LogP contribution in [0.15, 0.2) is 52.6 Å². The molecule has 4 rings (SSSR count). The number of ether oxygens (including phenoxy) is 4. The molecular weight excluding hydrogens is 552 g/mol. The highest BCUT2D eigenvalue weighted by atomic mass is 28.3. The Balaban J connectivity index is 1.91. The van der Waals surface area contributed by atoms with E-state index in [1.165, 1.54) is 5.19 Å². The number of fused-ring (bicyclic) bond motifs is 1. The molecule has 0 saturated carbocycles. The number of benzene rings is 1. The van der Waals surface area contributed by atoms with Crippen LogP contribution in [0, 0.1) is 16.7 Å².